The Hall–Kier alpha value is -2.60. The highest BCUT2D eigenvalue weighted by Crippen LogP contribution is 2.21. The number of para-hydroxylation sites is 1. The summed E-state index contributed by atoms with van der Waals surface area (Å²) < 4.78 is 10.5. The minimum absolute atomic E-state index is 0.334. The Morgan fingerprint density at radius 1 is 1.08 bits per heavy atom. The van der Waals surface area contributed by atoms with Crippen LogP contribution in [0.15, 0.2) is 42.5 Å². The summed E-state index contributed by atoms with van der Waals surface area (Å²) in [5, 5.41) is 6.88. The maximum atomic E-state index is 11.6. The Kier molecular flexibility index (Phi) is 6.97. The first kappa shape index (κ1) is 19.7. The zero-order valence-corrected chi connectivity index (χ0v) is 16.3. The van der Waals surface area contributed by atoms with Crippen molar-refractivity contribution < 1.29 is 14.3 Å². The molecule has 0 bridgehead atoms. The second-order valence-corrected chi connectivity index (χ2v) is 6.29. The monoisotopic (exact) mass is 372 g/mol. The Morgan fingerprint density at radius 2 is 1.69 bits per heavy atom. The molecule has 2 N–H and O–H groups in total. The lowest BCUT2D eigenvalue weighted by Crippen LogP contribution is -2.26. The fourth-order valence-corrected chi connectivity index (χ4v) is 2.64. The molecule has 0 aliphatic heterocycles. The fourth-order valence-electron chi connectivity index (χ4n) is 2.42. The molecule has 0 radical (unpaired) electrons. The quantitative estimate of drug-likeness (QED) is 0.577. The number of ether oxygens (including phenoxy) is 2. The van der Waals surface area contributed by atoms with Crippen LogP contribution >= 0.6 is 12.2 Å². The van der Waals surface area contributed by atoms with Gasteiger partial charge < -0.3 is 20.1 Å². The number of carbonyl (C=O) groups is 1. The number of nitrogens with one attached hydrogen (secondary N) is 2. The van der Waals surface area contributed by atoms with E-state index in [-0.39, 0.29) is 5.97 Å². The third-order valence-electron chi connectivity index (χ3n) is 3.76. The summed E-state index contributed by atoms with van der Waals surface area (Å²) in [7, 11) is 0. The third kappa shape index (κ3) is 5.46. The molecule has 0 heterocycles. The van der Waals surface area contributed by atoms with E-state index in [2.05, 4.69) is 10.6 Å². The van der Waals surface area contributed by atoms with Crippen molar-refractivity contribution in [1.82, 2.24) is 0 Å². The summed E-state index contributed by atoms with van der Waals surface area (Å²) in [5.74, 6) is 0.207. The molecule has 0 saturated carbocycles. The Bertz CT molecular complexity index is 755. The van der Waals surface area contributed by atoms with Crippen molar-refractivity contribution >= 4 is 34.7 Å². The van der Waals surface area contributed by atoms with Crippen molar-refractivity contribution in [2.45, 2.75) is 33.8 Å². The second-order valence-electron chi connectivity index (χ2n) is 5.88. The van der Waals surface area contributed by atoms with Crippen molar-refractivity contribution in [3.8, 4) is 5.75 Å². The van der Waals surface area contributed by atoms with E-state index in [1.165, 1.54) is 0 Å². The SMILES string of the molecule is CCOC(=O)C(C)Oc1ccc(NC(=S)Nc2c(C)cccc2C)cc1. The summed E-state index contributed by atoms with van der Waals surface area (Å²) in [6.45, 7) is 7.83. The lowest BCUT2D eigenvalue weighted by atomic mass is 10.1. The van der Waals surface area contributed by atoms with Gasteiger partial charge in [-0.3, -0.25) is 0 Å². The van der Waals surface area contributed by atoms with E-state index in [9.17, 15) is 4.79 Å². The number of carbonyl (C=O) groups excluding carboxylic acids is 1. The highest BCUT2D eigenvalue weighted by atomic mass is 32.1. The first-order valence-electron chi connectivity index (χ1n) is 8.48. The molecule has 0 saturated heterocycles. The van der Waals surface area contributed by atoms with Gasteiger partial charge in [-0.05, 0) is 75.3 Å². The van der Waals surface area contributed by atoms with E-state index in [1.54, 1.807) is 26.0 Å². The predicted molar refractivity (Wildman–Crippen MR) is 109 cm³/mol. The molecule has 2 aromatic rings. The molecule has 0 aromatic heterocycles. The molecule has 2 rings (SSSR count). The van der Waals surface area contributed by atoms with Gasteiger partial charge in [-0.25, -0.2) is 4.79 Å². The molecule has 26 heavy (non-hydrogen) atoms. The molecule has 1 atom stereocenters. The van der Waals surface area contributed by atoms with Gasteiger partial charge in [0.2, 0.25) is 0 Å². The van der Waals surface area contributed by atoms with Gasteiger partial charge in [0.1, 0.15) is 5.75 Å². The number of anilines is 2. The average Bonchev–Trinajstić information content (AvgIpc) is 2.60. The van der Waals surface area contributed by atoms with Crippen LogP contribution in [-0.4, -0.2) is 23.8 Å². The van der Waals surface area contributed by atoms with Gasteiger partial charge in [-0.15, -0.1) is 0 Å². The topological polar surface area (TPSA) is 59.6 Å². The molecule has 0 fully saturated rings. The van der Waals surface area contributed by atoms with Crippen LogP contribution in [0.5, 0.6) is 5.75 Å². The zero-order valence-electron chi connectivity index (χ0n) is 15.5. The molecule has 2 aromatic carbocycles. The number of benzene rings is 2. The largest absolute Gasteiger partial charge is 0.479 e. The van der Waals surface area contributed by atoms with Crippen molar-refractivity contribution in [2.24, 2.45) is 0 Å². The van der Waals surface area contributed by atoms with E-state index in [1.807, 2.05) is 44.2 Å². The Balaban J connectivity index is 1.94. The lowest BCUT2D eigenvalue weighted by Gasteiger charge is -2.16. The summed E-state index contributed by atoms with van der Waals surface area (Å²) in [6, 6.07) is 13.3. The molecular weight excluding hydrogens is 348 g/mol. The molecule has 1 unspecified atom stereocenters. The lowest BCUT2D eigenvalue weighted by molar-refractivity contribution is -0.150. The Labute approximate surface area is 159 Å². The first-order chi connectivity index (χ1) is 12.4. The molecule has 0 amide bonds. The van der Waals surface area contributed by atoms with Crippen LogP contribution in [0, 0.1) is 13.8 Å². The molecule has 0 aliphatic carbocycles. The maximum absolute atomic E-state index is 11.6. The smallest absolute Gasteiger partial charge is 0.347 e. The van der Waals surface area contributed by atoms with E-state index < -0.39 is 6.10 Å². The summed E-state index contributed by atoms with van der Waals surface area (Å²) >= 11 is 5.39. The zero-order chi connectivity index (χ0) is 19.1. The number of hydrogen-bond donors (Lipinski definition) is 2. The average molecular weight is 372 g/mol. The van der Waals surface area contributed by atoms with E-state index in [0.717, 1.165) is 22.5 Å². The number of rotatable bonds is 6. The first-order valence-corrected chi connectivity index (χ1v) is 8.89. The van der Waals surface area contributed by atoms with Crippen LogP contribution in [0.2, 0.25) is 0 Å². The number of esters is 1. The van der Waals surface area contributed by atoms with Gasteiger partial charge in [-0.1, -0.05) is 18.2 Å². The van der Waals surface area contributed by atoms with Crippen LogP contribution in [-0.2, 0) is 9.53 Å². The van der Waals surface area contributed by atoms with Crippen molar-refractivity contribution in [2.75, 3.05) is 17.2 Å². The van der Waals surface area contributed by atoms with Crippen LogP contribution in [0.4, 0.5) is 11.4 Å². The van der Waals surface area contributed by atoms with Gasteiger partial charge in [-0.2, -0.15) is 0 Å². The van der Waals surface area contributed by atoms with Gasteiger partial charge in [0, 0.05) is 11.4 Å². The number of aryl methyl sites for hydroxylation is 2. The second kappa shape index (κ2) is 9.20. The molecule has 0 spiro atoms. The fraction of sp³-hybridized carbons (Fsp3) is 0.300. The van der Waals surface area contributed by atoms with Crippen molar-refractivity contribution in [1.29, 1.82) is 0 Å². The van der Waals surface area contributed by atoms with Crippen LogP contribution in [0.3, 0.4) is 0 Å². The highest BCUT2D eigenvalue weighted by molar-refractivity contribution is 7.80. The summed E-state index contributed by atoms with van der Waals surface area (Å²) in [6.07, 6.45) is -0.652. The van der Waals surface area contributed by atoms with Gasteiger partial charge in [0.05, 0.1) is 6.61 Å². The van der Waals surface area contributed by atoms with Gasteiger partial charge >= 0.3 is 5.97 Å². The van der Waals surface area contributed by atoms with Crippen LogP contribution in [0.1, 0.15) is 25.0 Å². The van der Waals surface area contributed by atoms with Gasteiger partial charge in [0.25, 0.3) is 0 Å². The minimum atomic E-state index is -0.652. The molecular formula is C20H24N2O3S. The summed E-state index contributed by atoms with van der Waals surface area (Å²) in [4.78, 5) is 11.6. The van der Waals surface area contributed by atoms with Crippen LogP contribution in [0.25, 0.3) is 0 Å². The van der Waals surface area contributed by atoms with Crippen LogP contribution < -0.4 is 15.4 Å². The molecule has 6 heteroatoms. The van der Waals surface area contributed by atoms with E-state index >= 15 is 0 Å². The number of hydrogen-bond acceptors (Lipinski definition) is 4. The minimum Gasteiger partial charge on any atom is -0.479 e. The molecule has 138 valence electrons. The molecule has 0 aliphatic rings. The molecule has 5 nitrogen and oxygen atoms in total. The normalized spacial score (nSPS) is 11.4. The predicted octanol–water partition coefficient (Wildman–Crippen LogP) is 4.44. The number of thiocarbonyl (C=S) groups is 1. The van der Waals surface area contributed by atoms with Gasteiger partial charge in [0.15, 0.2) is 11.2 Å². The maximum Gasteiger partial charge on any atom is 0.347 e. The van der Waals surface area contributed by atoms with E-state index in [4.69, 9.17) is 21.7 Å². The van der Waals surface area contributed by atoms with E-state index in [0.29, 0.717) is 17.5 Å². The third-order valence-corrected chi connectivity index (χ3v) is 3.97. The standard InChI is InChI=1S/C20H24N2O3S/c1-5-24-19(23)15(4)25-17-11-9-16(10-12-17)21-20(26)22-18-13(2)7-6-8-14(18)3/h6-12,15H,5H2,1-4H3,(H2,21,22,26). The highest BCUT2D eigenvalue weighted by Gasteiger charge is 2.15. The Morgan fingerprint density at radius 3 is 2.27 bits per heavy atom. The summed E-state index contributed by atoms with van der Waals surface area (Å²) in [5.41, 5.74) is 4.09. The van der Waals surface area contributed by atoms with Crippen molar-refractivity contribution in [3.63, 3.8) is 0 Å². The van der Waals surface area contributed by atoms with Crippen molar-refractivity contribution in [3.05, 3.63) is 53.6 Å².